The fourth-order valence-corrected chi connectivity index (χ4v) is 5.43. The molecule has 1 unspecified atom stereocenters. The van der Waals surface area contributed by atoms with Crippen LogP contribution in [0.2, 0.25) is 0 Å². The largest absolute Gasteiger partial charge is 0.465 e. The Morgan fingerprint density at radius 1 is 1.39 bits per heavy atom. The molecular formula is C22H23FN4O2S2. The zero-order valence-corrected chi connectivity index (χ0v) is 18.9. The van der Waals surface area contributed by atoms with Crippen molar-refractivity contribution in [3.63, 3.8) is 0 Å². The first-order chi connectivity index (χ1) is 14.9. The van der Waals surface area contributed by atoms with E-state index in [1.54, 1.807) is 46.6 Å². The number of fused-ring (bicyclic) bond motifs is 1. The van der Waals surface area contributed by atoms with Crippen molar-refractivity contribution in [1.29, 1.82) is 0 Å². The van der Waals surface area contributed by atoms with E-state index in [1.165, 1.54) is 18.1 Å². The standard InChI is InChI=1S/C22H23FN4O2S2/c1-13-7-8-16-18(9-13)31-20(19(16)21(28)29-2)26-22(30)25-15-10-24-27(12-15)11-14-5-3-4-6-17(14)23/h3-6,10,12-13H,7-9,11H2,1-2H3,(H2,25,26,30). The van der Waals surface area contributed by atoms with Gasteiger partial charge in [-0.05, 0) is 49.0 Å². The number of esters is 1. The summed E-state index contributed by atoms with van der Waals surface area (Å²) in [4.78, 5) is 13.6. The van der Waals surface area contributed by atoms with Crippen molar-refractivity contribution in [3.05, 3.63) is 64.0 Å². The third-order valence-electron chi connectivity index (χ3n) is 5.31. The summed E-state index contributed by atoms with van der Waals surface area (Å²) in [6.07, 6.45) is 6.24. The second-order valence-corrected chi connectivity index (χ2v) is 9.16. The first-order valence-electron chi connectivity index (χ1n) is 10.0. The topological polar surface area (TPSA) is 68.2 Å². The number of halogens is 1. The van der Waals surface area contributed by atoms with E-state index in [4.69, 9.17) is 17.0 Å². The van der Waals surface area contributed by atoms with Crippen molar-refractivity contribution in [2.45, 2.75) is 32.7 Å². The van der Waals surface area contributed by atoms with Gasteiger partial charge in [0.15, 0.2) is 5.11 Å². The lowest BCUT2D eigenvalue weighted by molar-refractivity contribution is 0.0601. The molecule has 0 radical (unpaired) electrons. The van der Waals surface area contributed by atoms with Gasteiger partial charge < -0.3 is 15.4 Å². The van der Waals surface area contributed by atoms with Crippen LogP contribution in [-0.2, 0) is 24.1 Å². The molecule has 0 saturated carbocycles. The predicted molar refractivity (Wildman–Crippen MR) is 124 cm³/mol. The number of nitrogens with one attached hydrogen (secondary N) is 2. The summed E-state index contributed by atoms with van der Waals surface area (Å²) in [6, 6.07) is 6.60. The normalized spacial score (nSPS) is 15.3. The lowest BCUT2D eigenvalue weighted by atomic mass is 9.88. The average molecular weight is 459 g/mol. The van der Waals surface area contributed by atoms with E-state index in [0.717, 1.165) is 24.8 Å². The molecule has 0 bridgehead atoms. The lowest BCUT2D eigenvalue weighted by Gasteiger charge is -2.18. The molecule has 31 heavy (non-hydrogen) atoms. The molecule has 0 aliphatic heterocycles. The second kappa shape index (κ2) is 9.15. The second-order valence-electron chi connectivity index (χ2n) is 7.64. The summed E-state index contributed by atoms with van der Waals surface area (Å²) in [5, 5.41) is 11.5. The molecule has 1 aromatic carbocycles. The Morgan fingerprint density at radius 2 is 2.19 bits per heavy atom. The number of carbonyl (C=O) groups is 1. The molecule has 3 aromatic rings. The van der Waals surface area contributed by atoms with Gasteiger partial charge in [-0.25, -0.2) is 9.18 Å². The minimum Gasteiger partial charge on any atom is -0.465 e. The molecule has 0 amide bonds. The van der Waals surface area contributed by atoms with Crippen molar-refractivity contribution < 1.29 is 13.9 Å². The van der Waals surface area contributed by atoms with Crippen molar-refractivity contribution in [2.75, 3.05) is 17.7 Å². The zero-order chi connectivity index (χ0) is 22.0. The molecule has 2 heterocycles. The molecule has 162 valence electrons. The van der Waals surface area contributed by atoms with Crippen LogP contribution in [0.4, 0.5) is 15.1 Å². The van der Waals surface area contributed by atoms with Crippen LogP contribution in [0.25, 0.3) is 0 Å². The van der Waals surface area contributed by atoms with Crippen LogP contribution < -0.4 is 10.6 Å². The lowest BCUT2D eigenvalue weighted by Crippen LogP contribution is -2.20. The van der Waals surface area contributed by atoms with Gasteiger partial charge >= 0.3 is 5.97 Å². The molecule has 1 aliphatic rings. The van der Waals surface area contributed by atoms with Gasteiger partial charge in [-0.3, -0.25) is 4.68 Å². The number of thiocarbonyl (C=S) groups is 1. The highest BCUT2D eigenvalue weighted by molar-refractivity contribution is 7.80. The van der Waals surface area contributed by atoms with Gasteiger partial charge in [0.25, 0.3) is 0 Å². The monoisotopic (exact) mass is 458 g/mol. The van der Waals surface area contributed by atoms with E-state index in [-0.39, 0.29) is 11.8 Å². The van der Waals surface area contributed by atoms with Gasteiger partial charge in [-0.2, -0.15) is 5.10 Å². The van der Waals surface area contributed by atoms with E-state index in [1.807, 2.05) is 0 Å². The number of nitrogens with zero attached hydrogens (tertiary/aromatic N) is 2. The number of rotatable bonds is 5. The predicted octanol–water partition coefficient (Wildman–Crippen LogP) is 4.85. The Bertz CT molecular complexity index is 1120. The summed E-state index contributed by atoms with van der Waals surface area (Å²) < 4.78 is 20.5. The minimum absolute atomic E-state index is 0.268. The van der Waals surface area contributed by atoms with Gasteiger partial charge in [0.2, 0.25) is 0 Å². The van der Waals surface area contributed by atoms with Crippen molar-refractivity contribution in [1.82, 2.24) is 9.78 Å². The van der Waals surface area contributed by atoms with E-state index < -0.39 is 0 Å². The van der Waals surface area contributed by atoms with Crippen LogP contribution in [0.5, 0.6) is 0 Å². The van der Waals surface area contributed by atoms with Crippen LogP contribution in [-0.4, -0.2) is 28.0 Å². The number of hydrogen-bond donors (Lipinski definition) is 2. The van der Waals surface area contributed by atoms with Crippen LogP contribution in [0.3, 0.4) is 0 Å². The molecule has 6 nitrogen and oxygen atoms in total. The molecule has 9 heteroatoms. The fourth-order valence-electron chi connectivity index (χ4n) is 3.74. The molecule has 4 rings (SSSR count). The third kappa shape index (κ3) is 4.77. The molecule has 2 N–H and O–H groups in total. The quantitative estimate of drug-likeness (QED) is 0.421. The van der Waals surface area contributed by atoms with Crippen molar-refractivity contribution in [2.24, 2.45) is 5.92 Å². The fraction of sp³-hybridized carbons (Fsp3) is 0.318. The summed E-state index contributed by atoms with van der Waals surface area (Å²) >= 11 is 7.01. The first kappa shape index (κ1) is 21.5. The maximum absolute atomic E-state index is 13.9. The van der Waals surface area contributed by atoms with Crippen molar-refractivity contribution >= 4 is 45.3 Å². The van der Waals surface area contributed by atoms with E-state index in [2.05, 4.69) is 22.7 Å². The number of methoxy groups -OCH3 is 1. The Morgan fingerprint density at radius 3 is 2.97 bits per heavy atom. The van der Waals surface area contributed by atoms with Gasteiger partial charge in [0.1, 0.15) is 10.8 Å². The minimum atomic E-state index is -0.352. The summed E-state index contributed by atoms with van der Waals surface area (Å²) in [6.45, 7) is 2.54. The molecule has 1 atom stereocenters. The summed E-state index contributed by atoms with van der Waals surface area (Å²) in [7, 11) is 1.39. The Balaban J connectivity index is 1.47. The maximum Gasteiger partial charge on any atom is 0.341 e. The zero-order valence-electron chi connectivity index (χ0n) is 17.3. The van der Waals surface area contributed by atoms with E-state index in [0.29, 0.717) is 39.4 Å². The number of anilines is 2. The highest BCUT2D eigenvalue weighted by Gasteiger charge is 2.28. The van der Waals surface area contributed by atoms with Gasteiger partial charge in [-0.1, -0.05) is 25.1 Å². The number of benzene rings is 1. The number of ether oxygens (including phenoxy) is 1. The highest BCUT2D eigenvalue weighted by Crippen LogP contribution is 2.40. The van der Waals surface area contributed by atoms with Crippen LogP contribution in [0.15, 0.2) is 36.7 Å². The number of aromatic nitrogens is 2. The van der Waals surface area contributed by atoms with Crippen LogP contribution >= 0.6 is 23.6 Å². The van der Waals surface area contributed by atoms with Crippen LogP contribution in [0.1, 0.15) is 39.7 Å². The molecule has 0 fully saturated rings. The number of hydrogen-bond acceptors (Lipinski definition) is 5. The third-order valence-corrected chi connectivity index (χ3v) is 6.68. The van der Waals surface area contributed by atoms with E-state index >= 15 is 0 Å². The van der Waals surface area contributed by atoms with Crippen molar-refractivity contribution in [3.8, 4) is 0 Å². The molecule has 1 aliphatic carbocycles. The van der Waals surface area contributed by atoms with Gasteiger partial charge in [-0.15, -0.1) is 11.3 Å². The molecule has 0 saturated heterocycles. The van der Waals surface area contributed by atoms with E-state index in [9.17, 15) is 9.18 Å². The SMILES string of the molecule is COC(=O)c1c(NC(=S)Nc2cnn(Cc3ccccc3F)c2)sc2c1CCC(C)C2. The summed E-state index contributed by atoms with van der Waals surface area (Å²) in [5.74, 6) is -0.0269. The van der Waals surface area contributed by atoms with Crippen LogP contribution in [0, 0.1) is 11.7 Å². The first-order valence-corrected chi connectivity index (χ1v) is 11.2. The van der Waals surface area contributed by atoms with Gasteiger partial charge in [0, 0.05) is 16.6 Å². The molecular weight excluding hydrogens is 435 g/mol. The molecule has 0 spiro atoms. The maximum atomic E-state index is 13.9. The van der Waals surface area contributed by atoms with Gasteiger partial charge in [0.05, 0.1) is 31.1 Å². The highest BCUT2D eigenvalue weighted by atomic mass is 32.1. The molecule has 2 aromatic heterocycles. The average Bonchev–Trinajstić information content (AvgIpc) is 3.32. The Labute approximate surface area is 189 Å². The Kier molecular flexibility index (Phi) is 6.33. The smallest absolute Gasteiger partial charge is 0.341 e. The Hall–Kier alpha value is -2.78. The number of thiophene rings is 1. The number of carbonyl (C=O) groups excluding carboxylic acids is 1. The summed E-state index contributed by atoms with van der Waals surface area (Å²) in [5.41, 5.74) is 2.87.